The van der Waals surface area contributed by atoms with Crippen LogP contribution < -0.4 is 10.1 Å². The molecule has 0 fully saturated rings. The highest BCUT2D eigenvalue weighted by Crippen LogP contribution is 2.34. The van der Waals surface area contributed by atoms with Crippen LogP contribution in [0.3, 0.4) is 0 Å². The Balaban J connectivity index is 1.94. The Morgan fingerprint density at radius 3 is 2.50 bits per heavy atom. The third kappa shape index (κ3) is 4.13. The fourth-order valence-electron chi connectivity index (χ4n) is 2.42. The van der Waals surface area contributed by atoms with Gasteiger partial charge in [-0.3, -0.25) is 4.79 Å². The maximum Gasteiger partial charge on any atom is 0.405 e. The molecule has 1 N–H and O–H groups in total. The predicted molar refractivity (Wildman–Crippen MR) is 90.9 cm³/mol. The quantitative estimate of drug-likeness (QED) is 0.636. The van der Waals surface area contributed by atoms with Crippen molar-refractivity contribution < 1.29 is 27.1 Å². The largest absolute Gasteiger partial charge is 0.489 e. The van der Waals surface area contributed by atoms with E-state index in [0.29, 0.717) is 10.4 Å². The number of halogens is 4. The van der Waals surface area contributed by atoms with Crippen LogP contribution in [0.2, 0.25) is 0 Å². The lowest BCUT2D eigenvalue weighted by atomic mass is 10.1. The van der Waals surface area contributed by atoms with Crippen molar-refractivity contribution in [2.45, 2.75) is 12.8 Å². The molecule has 136 valence electrons. The molecule has 26 heavy (non-hydrogen) atoms. The molecule has 0 saturated heterocycles. The second kappa shape index (κ2) is 7.33. The molecule has 1 amide bonds. The number of carbonyl (C=O) groups is 1. The van der Waals surface area contributed by atoms with Crippen molar-refractivity contribution in [3.8, 4) is 5.75 Å². The molecule has 0 aliphatic carbocycles. The molecule has 3 rings (SSSR count). The first kappa shape index (κ1) is 18.2. The van der Waals surface area contributed by atoms with Crippen LogP contribution in [-0.4, -0.2) is 18.6 Å². The maximum atomic E-state index is 14.3. The first-order valence-corrected chi connectivity index (χ1v) is 8.39. The number of rotatable bonds is 5. The van der Waals surface area contributed by atoms with Crippen molar-refractivity contribution in [1.29, 1.82) is 0 Å². The molecule has 0 spiro atoms. The van der Waals surface area contributed by atoms with E-state index in [9.17, 15) is 22.4 Å². The number of hydrogen-bond donors (Lipinski definition) is 1. The van der Waals surface area contributed by atoms with Crippen molar-refractivity contribution in [2.75, 3.05) is 6.54 Å². The van der Waals surface area contributed by atoms with E-state index in [1.54, 1.807) is 36.4 Å². The number of benzene rings is 2. The zero-order valence-electron chi connectivity index (χ0n) is 13.3. The molecule has 0 unspecified atom stereocenters. The topological polar surface area (TPSA) is 38.3 Å². The number of alkyl halides is 3. The minimum absolute atomic E-state index is 0.00489. The number of para-hydroxylation sites is 1. The van der Waals surface area contributed by atoms with Gasteiger partial charge in [0.25, 0.3) is 5.91 Å². The summed E-state index contributed by atoms with van der Waals surface area (Å²) < 4.78 is 57.4. The number of thiophene rings is 1. The highest BCUT2D eigenvalue weighted by Gasteiger charge is 2.29. The van der Waals surface area contributed by atoms with Crippen LogP contribution in [0.1, 0.15) is 15.2 Å². The number of amides is 1. The van der Waals surface area contributed by atoms with Crippen molar-refractivity contribution in [3.05, 3.63) is 64.8 Å². The van der Waals surface area contributed by atoms with Crippen LogP contribution in [0.4, 0.5) is 17.6 Å². The van der Waals surface area contributed by atoms with Crippen LogP contribution in [0.5, 0.6) is 5.75 Å². The number of hydrogen-bond acceptors (Lipinski definition) is 3. The van der Waals surface area contributed by atoms with E-state index < -0.39 is 24.4 Å². The molecule has 3 nitrogen and oxygen atoms in total. The predicted octanol–water partition coefficient (Wildman–Crippen LogP) is 4.91. The first-order valence-electron chi connectivity index (χ1n) is 7.58. The molecule has 1 aromatic heterocycles. The molecule has 3 aromatic rings. The summed E-state index contributed by atoms with van der Waals surface area (Å²) in [7, 11) is 0. The second-order valence-electron chi connectivity index (χ2n) is 5.42. The Kier molecular flexibility index (Phi) is 5.13. The first-order chi connectivity index (χ1) is 12.3. The summed E-state index contributed by atoms with van der Waals surface area (Å²) in [5.74, 6) is -0.959. The lowest BCUT2D eigenvalue weighted by molar-refractivity contribution is -0.123. The van der Waals surface area contributed by atoms with Gasteiger partial charge in [0.05, 0.1) is 4.88 Å². The van der Waals surface area contributed by atoms with Crippen LogP contribution >= 0.6 is 11.3 Å². The van der Waals surface area contributed by atoms with Crippen LogP contribution in [0.15, 0.2) is 48.5 Å². The highest BCUT2D eigenvalue weighted by molar-refractivity contribution is 7.21. The summed E-state index contributed by atoms with van der Waals surface area (Å²) in [6.07, 6.45) is -4.53. The van der Waals surface area contributed by atoms with Gasteiger partial charge >= 0.3 is 6.18 Å². The maximum absolute atomic E-state index is 14.3. The summed E-state index contributed by atoms with van der Waals surface area (Å²) in [5.41, 5.74) is 0.228. The van der Waals surface area contributed by atoms with E-state index in [1.165, 1.54) is 12.1 Å². The molecule has 0 radical (unpaired) electrons. The molecule has 0 aliphatic heterocycles. The minimum Gasteiger partial charge on any atom is -0.489 e. The molecule has 8 heteroatoms. The number of ether oxygens (including phenoxy) is 1. The standard InChI is InChI=1S/C18H13F4NO2S/c19-13-7-4-8-14-15(13)12(9-25-11-5-2-1-3-6-11)16(26-14)17(24)23-10-18(20,21)22/h1-8H,9-10H2,(H,23,24). The fourth-order valence-corrected chi connectivity index (χ4v) is 3.56. The third-order valence-electron chi connectivity index (χ3n) is 3.55. The van der Waals surface area contributed by atoms with E-state index in [1.807, 2.05) is 5.32 Å². The normalized spacial score (nSPS) is 11.5. The average molecular weight is 383 g/mol. The monoisotopic (exact) mass is 383 g/mol. The molecule has 0 atom stereocenters. The van der Waals surface area contributed by atoms with Crippen LogP contribution in [-0.2, 0) is 6.61 Å². The Labute approximate surface area is 150 Å². The smallest absolute Gasteiger partial charge is 0.405 e. The van der Waals surface area contributed by atoms with Gasteiger partial charge in [0.2, 0.25) is 0 Å². The summed E-state index contributed by atoms with van der Waals surface area (Å²) in [4.78, 5) is 12.2. The van der Waals surface area contributed by atoms with Gasteiger partial charge < -0.3 is 10.1 Å². The summed E-state index contributed by atoms with van der Waals surface area (Å²) in [5, 5.41) is 2.01. The van der Waals surface area contributed by atoms with E-state index in [4.69, 9.17) is 4.74 Å². The van der Waals surface area contributed by atoms with Crippen LogP contribution in [0.25, 0.3) is 10.1 Å². The van der Waals surface area contributed by atoms with Gasteiger partial charge in [0, 0.05) is 15.6 Å². The Morgan fingerprint density at radius 1 is 1.08 bits per heavy atom. The highest BCUT2D eigenvalue weighted by atomic mass is 32.1. The van der Waals surface area contributed by atoms with Gasteiger partial charge in [0.1, 0.15) is 24.7 Å². The summed E-state index contributed by atoms with van der Waals surface area (Å²) in [6, 6.07) is 13.0. The molecule has 0 bridgehead atoms. The molecule has 2 aromatic carbocycles. The Hall–Kier alpha value is -2.61. The lowest BCUT2D eigenvalue weighted by Gasteiger charge is -2.10. The molecular weight excluding hydrogens is 370 g/mol. The van der Waals surface area contributed by atoms with Crippen LogP contribution in [0, 0.1) is 5.82 Å². The number of carbonyl (C=O) groups excluding carboxylic acids is 1. The van der Waals surface area contributed by atoms with E-state index in [2.05, 4.69) is 0 Å². The number of nitrogens with one attached hydrogen (secondary N) is 1. The summed E-state index contributed by atoms with van der Waals surface area (Å²) in [6.45, 7) is -1.60. The van der Waals surface area contributed by atoms with E-state index >= 15 is 0 Å². The van der Waals surface area contributed by atoms with E-state index in [-0.39, 0.29) is 22.4 Å². The van der Waals surface area contributed by atoms with Gasteiger partial charge in [0.15, 0.2) is 0 Å². The third-order valence-corrected chi connectivity index (χ3v) is 4.74. The van der Waals surface area contributed by atoms with Crippen molar-refractivity contribution in [2.24, 2.45) is 0 Å². The second-order valence-corrected chi connectivity index (χ2v) is 6.47. The molecule has 0 saturated carbocycles. The van der Waals surface area contributed by atoms with Crippen molar-refractivity contribution in [1.82, 2.24) is 5.32 Å². The van der Waals surface area contributed by atoms with Gasteiger partial charge in [-0.1, -0.05) is 24.3 Å². The van der Waals surface area contributed by atoms with Gasteiger partial charge in [-0.25, -0.2) is 4.39 Å². The SMILES string of the molecule is O=C(NCC(F)(F)F)c1sc2cccc(F)c2c1COc1ccccc1. The Bertz CT molecular complexity index is 922. The van der Waals surface area contributed by atoms with Crippen molar-refractivity contribution >= 4 is 27.3 Å². The van der Waals surface area contributed by atoms with Gasteiger partial charge in [-0.05, 0) is 24.3 Å². The van der Waals surface area contributed by atoms with Gasteiger partial charge in [-0.2, -0.15) is 13.2 Å². The fraction of sp³-hybridized carbons (Fsp3) is 0.167. The van der Waals surface area contributed by atoms with Gasteiger partial charge in [-0.15, -0.1) is 11.3 Å². The minimum atomic E-state index is -4.53. The molecular formula is C18H13F4NO2S. The number of fused-ring (bicyclic) bond motifs is 1. The summed E-state index contributed by atoms with van der Waals surface area (Å²) >= 11 is 0.933. The molecule has 1 heterocycles. The lowest BCUT2D eigenvalue weighted by Crippen LogP contribution is -2.33. The molecule has 0 aliphatic rings. The van der Waals surface area contributed by atoms with E-state index in [0.717, 1.165) is 11.3 Å². The Morgan fingerprint density at radius 2 is 1.81 bits per heavy atom. The average Bonchev–Trinajstić information content (AvgIpc) is 2.98. The van der Waals surface area contributed by atoms with Crippen molar-refractivity contribution in [3.63, 3.8) is 0 Å². The zero-order valence-corrected chi connectivity index (χ0v) is 14.1. The zero-order chi connectivity index (χ0) is 18.7.